The van der Waals surface area contributed by atoms with Gasteiger partial charge < -0.3 is 9.47 Å². The molecule has 0 radical (unpaired) electrons. The molecule has 1 aromatic rings. The molecule has 2 aliphatic heterocycles. The SMILES string of the molecule is CCCCCc1cc2c3c(c1)OC(C)(C)[C@H]1CCC(C)(CC31)O2. The van der Waals surface area contributed by atoms with Crippen molar-refractivity contribution in [2.45, 2.75) is 89.8 Å². The Labute approximate surface area is 140 Å². The molecule has 1 saturated carbocycles. The standard InChI is InChI=1S/C21H30O2/c1-5-6-7-8-14-11-17-19-15-13-21(4,23-18(19)12-14)10-9-16(15)20(2,3)22-17/h11-12,15-16H,5-10,13H2,1-4H3/t15?,16-,21?/m0/s1. The van der Waals surface area contributed by atoms with E-state index in [1.54, 1.807) is 0 Å². The lowest BCUT2D eigenvalue weighted by molar-refractivity contribution is -0.0727. The lowest BCUT2D eigenvalue weighted by Crippen LogP contribution is -2.53. The van der Waals surface area contributed by atoms with Crippen LogP contribution in [0.1, 0.15) is 83.3 Å². The third kappa shape index (κ3) is 2.45. The van der Waals surface area contributed by atoms with Gasteiger partial charge in [0.25, 0.3) is 0 Å². The smallest absolute Gasteiger partial charge is 0.127 e. The number of unbranched alkanes of at least 4 members (excludes halogenated alkanes) is 2. The van der Waals surface area contributed by atoms with Crippen molar-refractivity contribution in [2.24, 2.45) is 5.92 Å². The number of hydrogen-bond acceptors (Lipinski definition) is 2. The summed E-state index contributed by atoms with van der Waals surface area (Å²) in [4.78, 5) is 0. The molecule has 2 bridgehead atoms. The van der Waals surface area contributed by atoms with E-state index in [9.17, 15) is 0 Å². The Kier molecular flexibility index (Phi) is 3.44. The van der Waals surface area contributed by atoms with Crippen molar-refractivity contribution < 1.29 is 9.47 Å². The first-order valence-electron chi connectivity index (χ1n) is 9.47. The minimum atomic E-state index is -0.0599. The normalized spacial score (nSPS) is 32.9. The first-order chi connectivity index (χ1) is 10.9. The second-order valence-corrected chi connectivity index (χ2v) is 8.68. The predicted octanol–water partition coefficient (Wildman–Crippen LogP) is 5.63. The van der Waals surface area contributed by atoms with Gasteiger partial charge in [0, 0.05) is 17.4 Å². The number of aryl methyl sites for hydroxylation is 1. The Balaban J connectivity index is 1.76. The quantitative estimate of drug-likeness (QED) is 0.671. The van der Waals surface area contributed by atoms with E-state index >= 15 is 0 Å². The van der Waals surface area contributed by atoms with Crippen molar-refractivity contribution in [1.82, 2.24) is 0 Å². The maximum absolute atomic E-state index is 6.49. The molecule has 0 saturated heterocycles. The molecule has 0 N–H and O–H groups in total. The average Bonchev–Trinajstić information content (AvgIpc) is 2.45. The third-order valence-corrected chi connectivity index (χ3v) is 6.35. The molecule has 4 rings (SSSR count). The Morgan fingerprint density at radius 3 is 2.57 bits per heavy atom. The van der Waals surface area contributed by atoms with Crippen molar-refractivity contribution in [3.63, 3.8) is 0 Å². The maximum atomic E-state index is 6.49. The minimum Gasteiger partial charge on any atom is -0.487 e. The second kappa shape index (κ2) is 5.16. The van der Waals surface area contributed by atoms with Gasteiger partial charge >= 0.3 is 0 Å². The molecule has 3 aliphatic rings. The number of benzene rings is 1. The highest BCUT2D eigenvalue weighted by atomic mass is 16.5. The van der Waals surface area contributed by atoms with Crippen LogP contribution in [-0.2, 0) is 6.42 Å². The van der Waals surface area contributed by atoms with Gasteiger partial charge in [-0.05, 0) is 70.6 Å². The Morgan fingerprint density at radius 1 is 1.09 bits per heavy atom. The zero-order valence-electron chi connectivity index (χ0n) is 15.1. The van der Waals surface area contributed by atoms with Crippen LogP contribution in [0.2, 0.25) is 0 Å². The highest BCUT2D eigenvalue weighted by Gasteiger charge is 2.54. The van der Waals surface area contributed by atoms with E-state index in [2.05, 4.69) is 39.8 Å². The number of fused-ring (bicyclic) bond motifs is 1. The van der Waals surface area contributed by atoms with Gasteiger partial charge in [0.2, 0.25) is 0 Å². The zero-order chi connectivity index (χ0) is 16.2. The summed E-state index contributed by atoms with van der Waals surface area (Å²) in [5.74, 6) is 3.45. The van der Waals surface area contributed by atoms with Crippen molar-refractivity contribution >= 4 is 0 Å². The fourth-order valence-corrected chi connectivity index (χ4v) is 5.14. The third-order valence-electron chi connectivity index (χ3n) is 6.35. The summed E-state index contributed by atoms with van der Waals surface area (Å²) in [6.07, 6.45) is 8.45. The van der Waals surface area contributed by atoms with E-state index in [1.165, 1.54) is 36.8 Å². The number of ether oxygens (including phenoxy) is 2. The summed E-state index contributed by atoms with van der Waals surface area (Å²) in [6, 6.07) is 4.61. The van der Waals surface area contributed by atoms with Gasteiger partial charge in [0.15, 0.2) is 0 Å². The lowest BCUT2D eigenvalue weighted by atomic mass is 9.61. The van der Waals surface area contributed by atoms with Crippen LogP contribution in [0.5, 0.6) is 11.5 Å². The topological polar surface area (TPSA) is 18.5 Å². The maximum Gasteiger partial charge on any atom is 0.127 e. The van der Waals surface area contributed by atoms with Crippen LogP contribution in [0, 0.1) is 5.92 Å². The molecule has 2 nitrogen and oxygen atoms in total. The van der Waals surface area contributed by atoms with Crippen LogP contribution in [0.25, 0.3) is 0 Å². The molecule has 0 amide bonds. The molecular formula is C21H30O2. The first kappa shape index (κ1) is 15.4. The molecule has 1 aliphatic carbocycles. The molecule has 0 aromatic heterocycles. The molecule has 126 valence electrons. The van der Waals surface area contributed by atoms with Crippen molar-refractivity contribution in [3.8, 4) is 11.5 Å². The van der Waals surface area contributed by atoms with E-state index in [0.717, 1.165) is 30.8 Å². The van der Waals surface area contributed by atoms with Gasteiger partial charge in [-0.3, -0.25) is 0 Å². The van der Waals surface area contributed by atoms with Crippen molar-refractivity contribution in [3.05, 3.63) is 23.3 Å². The molecule has 1 aromatic carbocycles. The minimum absolute atomic E-state index is 0.0287. The predicted molar refractivity (Wildman–Crippen MR) is 93.5 cm³/mol. The summed E-state index contributed by atoms with van der Waals surface area (Å²) >= 11 is 0. The van der Waals surface area contributed by atoms with E-state index in [0.29, 0.717) is 11.8 Å². The van der Waals surface area contributed by atoms with E-state index in [1.807, 2.05) is 0 Å². The van der Waals surface area contributed by atoms with Crippen LogP contribution in [0.4, 0.5) is 0 Å². The van der Waals surface area contributed by atoms with E-state index in [-0.39, 0.29) is 11.2 Å². The molecule has 1 fully saturated rings. The van der Waals surface area contributed by atoms with Gasteiger partial charge in [-0.15, -0.1) is 0 Å². The first-order valence-corrected chi connectivity index (χ1v) is 9.47. The van der Waals surface area contributed by atoms with E-state index in [4.69, 9.17) is 9.47 Å². The van der Waals surface area contributed by atoms with E-state index < -0.39 is 0 Å². The fourth-order valence-electron chi connectivity index (χ4n) is 5.14. The van der Waals surface area contributed by atoms with Crippen LogP contribution in [0.15, 0.2) is 12.1 Å². The van der Waals surface area contributed by atoms with Crippen LogP contribution in [0.3, 0.4) is 0 Å². The fraction of sp³-hybridized carbons (Fsp3) is 0.714. The van der Waals surface area contributed by atoms with Gasteiger partial charge in [0.05, 0.1) is 0 Å². The molecule has 2 heterocycles. The molecular weight excluding hydrogens is 284 g/mol. The second-order valence-electron chi connectivity index (χ2n) is 8.68. The molecule has 23 heavy (non-hydrogen) atoms. The summed E-state index contributed by atoms with van der Waals surface area (Å²) in [6.45, 7) is 9.12. The number of hydrogen-bond donors (Lipinski definition) is 0. The zero-order valence-corrected chi connectivity index (χ0v) is 15.1. The molecule has 2 unspecified atom stereocenters. The Bertz CT molecular complexity index is 601. The largest absolute Gasteiger partial charge is 0.487 e. The highest BCUT2D eigenvalue weighted by molar-refractivity contribution is 5.54. The lowest BCUT2D eigenvalue weighted by Gasteiger charge is -2.55. The van der Waals surface area contributed by atoms with Gasteiger partial charge in [-0.25, -0.2) is 0 Å². The summed E-state index contributed by atoms with van der Waals surface area (Å²) in [7, 11) is 0. The molecule has 3 atom stereocenters. The monoisotopic (exact) mass is 314 g/mol. The average molecular weight is 314 g/mol. The van der Waals surface area contributed by atoms with Crippen LogP contribution >= 0.6 is 0 Å². The summed E-state index contributed by atoms with van der Waals surface area (Å²) in [5.41, 5.74) is 2.71. The highest BCUT2D eigenvalue weighted by Crippen LogP contribution is 2.60. The van der Waals surface area contributed by atoms with Gasteiger partial charge in [-0.2, -0.15) is 0 Å². The van der Waals surface area contributed by atoms with Crippen LogP contribution < -0.4 is 9.47 Å². The Morgan fingerprint density at radius 2 is 1.83 bits per heavy atom. The van der Waals surface area contributed by atoms with Crippen molar-refractivity contribution in [2.75, 3.05) is 0 Å². The summed E-state index contributed by atoms with van der Waals surface area (Å²) in [5, 5.41) is 0. The summed E-state index contributed by atoms with van der Waals surface area (Å²) < 4.78 is 13.0. The van der Waals surface area contributed by atoms with Gasteiger partial charge in [0.1, 0.15) is 22.7 Å². The molecule has 0 spiro atoms. The van der Waals surface area contributed by atoms with Crippen molar-refractivity contribution in [1.29, 1.82) is 0 Å². The Hall–Kier alpha value is -1.18. The van der Waals surface area contributed by atoms with Gasteiger partial charge in [-0.1, -0.05) is 19.8 Å². The van der Waals surface area contributed by atoms with Crippen LogP contribution in [-0.4, -0.2) is 11.2 Å². The number of rotatable bonds is 4. The molecule has 2 heteroatoms.